The largest absolute Gasteiger partial charge is 0.462 e. The molecule has 7 nitrogen and oxygen atoms in total. The highest BCUT2D eigenvalue weighted by Crippen LogP contribution is 2.23. The van der Waals surface area contributed by atoms with Crippen molar-refractivity contribution in [3.63, 3.8) is 0 Å². The van der Waals surface area contributed by atoms with Crippen LogP contribution >= 0.6 is 0 Å². The van der Waals surface area contributed by atoms with Gasteiger partial charge in [-0.3, -0.25) is 4.79 Å². The lowest BCUT2D eigenvalue weighted by Gasteiger charge is -2.19. The Balaban J connectivity index is 1.55. The number of hydrogen-bond donors (Lipinski definition) is 2. The van der Waals surface area contributed by atoms with Gasteiger partial charge >= 0.3 is 5.97 Å². The highest BCUT2D eigenvalue weighted by Gasteiger charge is 2.27. The zero-order chi connectivity index (χ0) is 27.0. The summed E-state index contributed by atoms with van der Waals surface area (Å²) in [5, 5.41) is 4.13. The van der Waals surface area contributed by atoms with Gasteiger partial charge in [0.1, 0.15) is 6.04 Å². The Bertz CT molecular complexity index is 1500. The zero-order valence-electron chi connectivity index (χ0n) is 21.1. The summed E-state index contributed by atoms with van der Waals surface area (Å²) in [6.07, 6.45) is 1.86. The lowest BCUT2D eigenvalue weighted by Crippen LogP contribution is -2.45. The van der Waals surface area contributed by atoms with Crippen molar-refractivity contribution in [1.29, 1.82) is 0 Å². The number of unbranched alkanes of at least 4 members (excludes halogenated alkanes) is 1. The molecule has 4 aromatic carbocycles. The van der Waals surface area contributed by atoms with Gasteiger partial charge in [0, 0.05) is 11.1 Å². The summed E-state index contributed by atoms with van der Waals surface area (Å²) in [6.45, 7) is 2.37. The van der Waals surface area contributed by atoms with Crippen LogP contribution in [0.3, 0.4) is 0 Å². The van der Waals surface area contributed by atoms with E-state index in [1.807, 2.05) is 55.5 Å². The summed E-state index contributed by atoms with van der Waals surface area (Å²) in [7, 11) is -4.04. The molecule has 8 heteroatoms. The van der Waals surface area contributed by atoms with E-state index in [9.17, 15) is 18.0 Å². The average Bonchev–Trinajstić information content (AvgIpc) is 2.93. The van der Waals surface area contributed by atoms with E-state index in [-0.39, 0.29) is 11.3 Å². The molecule has 0 radical (unpaired) electrons. The molecule has 196 valence electrons. The van der Waals surface area contributed by atoms with Crippen molar-refractivity contribution in [2.45, 2.75) is 37.1 Å². The van der Waals surface area contributed by atoms with E-state index in [0.29, 0.717) is 23.2 Å². The maximum atomic E-state index is 13.5. The van der Waals surface area contributed by atoms with Crippen LogP contribution in [-0.2, 0) is 26.0 Å². The number of benzene rings is 4. The number of carbonyl (C=O) groups excluding carboxylic acids is 2. The molecule has 0 aromatic heterocycles. The molecule has 0 saturated heterocycles. The molecule has 0 aliphatic rings. The number of fused-ring (bicyclic) bond motifs is 1. The number of anilines is 1. The van der Waals surface area contributed by atoms with Gasteiger partial charge in [-0.15, -0.1) is 0 Å². The maximum Gasteiger partial charge on any atom is 0.338 e. The zero-order valence-corrected chi connectivity index (χ0v) is 21.9. The first-order valence-electron chi connectivity index (χ1n) is 12.5. The van der Waals surface area contributed by atoms with Crippen LogP contribution in [-0.4, -0.2) is 32.9 Å². The van der Waals surface area contributed by atoms with E-state index >= 15 is 0 Å². The van der Waals surface area contributed by atoms with Crippen molar-refractivity contribution < 1.29 is 22.7 Å². The van der Waals surface area contributed by atoms with Crippen molar-refractivity contribution in [2.75, 3.05) is 11.9 Å². The van der Waals surface area contributed by atoms with Crippen LogP contribution < -0.4 is 10.0 Å². The average molecular weight is 531 g/mol. The molecular weight excluding hydrogens is 500 g/mol. The Morgan fingerprint density at radius 2 is 1.53 bits per heavy atom. The molecule has 0 aliphatic carbocycles. The topological polar surface area (TPSA) is 102 Å². The number of nitrogens with one attached hydrogen (secondary N) is 2. The number of rotatable bonds is 11. The van der Waals surface area contributed by atoms with Gasteiger partial charge in [0.05, 0.1) is 17.1 Å². The summed E-state index contributed by atoms with van der Waals surface area (Å²) >= 11 is 0. The lowest BCUT2D eigenvalue weighted by atomic mass is 10.1. The molecule has 4 aromatic rings. The predicted octanol–water partition coefficient (Wildman–Crippen LogP) is 5.33. The molecule has 4 rings (SSSR count). The van der Waals surface area contributed by atoms with Crippen LogP contribution in [0.25, 0.3) is 10.8 Å². The molecule has 0 fully saturated rings. The first-order chi connectivity index (χ1) is 18.4. The quantitative estimate of drug-likeness (QED) is 0.202. The van der Waals surface area contributed by atoms with Gasteiger partial charge in [0.15, 0.2) is 0 Å². The second kappa shape index (κ2) is 12.5. The van der Waals surface area contributed by atoms with Crippen LogP contribution in [0.1, 0.15) is 35.7 Å². The van der Waals surface area contributed by atoms with E-state index in [1.165, 1.54) is 6.07 Å². The van der Waals surface area contributed by atoms with Crippen LogP contribution in [0.5, 0.6) is 0 Å². The van der Waals surface area contributed by atoms with Crippen LogP contribution in [0.2, 0.25) is 0 Å². The predicted molar refractivity (Wildman–Crippen MR) is 148 cm³/mol. The van der Waals surface area contributed by atoms with Crippen molar-refractivity contribution in [3.05, 3.63) is 108 Å². The minimum absolute atomic E-state index is 0.104. The molecule has 1 unspecified atom stereocenters. The van der Waals surface area contributed by atoms with Crippen molar-refractivity contribution in [1.82, 2.24) is 4.72 Å². The third-order valence-electron chi connectivity index (χ3n) is 6.05. The van der Waals surface area contributed by atoms with Gasteiger partial charge in [0.2, 0.25) is 15.9 Å². The Morgan fingerprint density at radius 3 is 2.26 bits per heavy atom. The minimum atomic E-state index is -4.04. The molecule has 0 heterocycles. The molecule has 0 aliphatic heterocycles. The van der Waals surface area contributed by atoms with Crippen molar-refractivity contribution in [3.8, 4) is 0 Å². The van der Waals surface area contributed by atoms with Crippen LogP contribution in [0, 0.1) is 0 Å². The highest BCUT2D eigenvalue weighted by molar-refractivity contribution is 7.89. The normalized spacial score (nSPS) is 12.1. The van der Waals surface area contributed by atoms with Gasteiger partial charge in [0.25, 0.3) is 0 Å². The number of carbonyl (C=O) groups is 2. The third kappa shape index (κ3) is 6.85. The highest BCUT2D eigenvalue weighted by atomic mass is 32.2. The SMILES string of the molecule is CCCCOC(=O)c1ccc(NC(=O)C(Cc2ccccc2)NS(=O)(=O)c2cccc3ccccc23)cc1. The van der Waals surface area contributed by atoms with Gasteiger partial charge in [-0.1, -0.05) is 80.1 Å². The Labute approximate surface area is 222 Å². The number of hydrogen-bond acceptors (Lipinski definition) is 5. The molecule has 0 bridgehead atoms. The fourth-order valence-corrected chi connectivity index (χ4v) is 5.46. The second-order valence-corrected chi connectivity index (χ2v) is 10.6. The summed E-state index contributed by atoms with van der Waals surface area (Å²) in [6, 6.07) is 26.7. The van der Waals surface area contributed by atoms with Crippen LogP contribution in [0.4, 0.5) is 5.69 Å². The van der Waals surface area contributed by atoms with Crippen molar-refractivity contribution >= 4 is 38.4 Å². The molecule has 0 saturated carbocycles. The summed E-state index contributed by atoms with van der Waals surface area (Å²) in [5.74, 6) is -0.947. The van der Waals surface area contributed by atoms with Crippen molar-refractivity contribution in [2.24, 2.45) is 0 Å². The van der Waals surface area contributed by atoms with E-state index in [1.54, 1.807) is 42.5 Å². The summed E-state index contributed by atoms with van der Waals surface area (Å²) in [5.41, 5.74) is 1.61. The molecular formula is C30H30N2O5S. The second-order valence-electron chi connectivity index (χ2n) is 8.90. The lowest BCUT2D eigenvalue weighted by molar-refractivity contribution is -0.117. The van der Waals surface area contributed by atoms with Gasteiger partial charge in [-0.05, 0) is 54.1 Å². The molecule has 2 N–H and O–H groups in total. The molecule has 0 spiro atoms. The van der Waals surface area contributed by atoms with E-state index in [0.717, 1.165) is 23.8 Å². The Morgan fingerprint density at radius 1 is 0.842 bits per heavy atom. The Kier molecular flexibility index (Phi) is 8.89. The van der Waals surface area contributed by atoms with E-state index in [4.69, 9.17) is 4.74 Å². The molecule has 1 amide bonds. The minimum Gasteiger partial charge on any atom is -0.462 e. The third-order valence-corrected chi connectivity index (χ3v) is 7.58. The first kappa shape index (κ1) is 27.0. The van der Waals surface area contributed by atoms with E-state index in [2.05, 4.69) is 10.0 Å². The van der Waals surface area contributed by atoms with Gasteiger partial charge in [-0.2, -0.15) is 4.72 Å². The fourth-order valence-electron chi connectivity index (χ4n) is 4.03. The van der Waals surface area contributed by atoms with Gasteiger partial charge in [-0.25, -0.2) is 13.2 Å². The van der Waals surface area contributed by atoms with Crippen LogP contribution in [0.15, 0.2) is 102 Å². The molecule has 1 atom stereocenters. The number of ether oxygens (including phenoxy) is 1. The monoisotopic (exact) mass is 530 g/mol. The smallest absolute Gasteiger partial charge is 0.338 e. The van der Waals surface area contributed by atoms with Gasteiger partial charge < -0.3 is 10.1 Å². The summed E-state index contributed by atoms with van der Waals surface area (Å²) < 4.78 is 34.8. The standard InChI is InChI=1S/C30H30N2O5S/c1-2-3-20-37-30(34)24-16-18-25(19-17-24)31-29(33)27(21-22-10-5-4-6-11-22)32-38(35,36)28-15-9-13-23-12-7-8-14-26(23)28/h4-19,27,32H,2-3,20-21H2,1H3,(H,31,33). The number of amides is 1. The fraction of sp³-hybridized carbons (Fsp3) is 0.200. The first-order valence-corrected chi connectivity index (χ1v) is 14.0. The number of esters is 1. The maximum absolute atomic E-state index is 13.5. The number of sulfonamides is 1. The Hall–Kier alpha value is -4.01. The summed E-state index contributed by atoms with van der Waals surface area (Å²) in [4.78, 5) is 25.6. The van der Waals surface area contributed by atoms with E-state index < -0.39 is 27.9 Å². The molecule has 38 heavy (non-hydrogen) atoms.